The Morgan fingerprint density at radius 3 is 2.94 bits per heavy atom. The van der Waals surface area contributed by atoms with Crippen molar-refractivity contribution in [3.8, 4) is 0 Å². The molecule has 1 saturated heterocycles. The van der Waals surface area contributed by atoms with E-state index in [1.807, 2.05) is 24.7 Å². The quantitative estimate of drug-likeness (QED) is 0.829. The Morgan fingerprint density at radius 1 is 1.50 bits per heavy atom. The molecule has 0 saturated carbocycles. The highest BCUT2D eigenvalue weighted by Crippen LogP contribution is 2.12. The first-order valence-electron chi connectivity index (χ1n) is 6.17. The highest BCUT2D eigenvalue weighted by Gasteiger charge is 2.26. The first-order chi connectivity index (χ1) is 8.60. The van der Waals surface area contributed by atoms with Crippen LogP contribution in [0.15, 0.2) is 12.4 Å². The smallest absolute Gasteiger partial charge is 0.242 e. The summed E-state index contributed by atoms with van der Waals surface area (Å²) < 4.78 is 1.83. The van der Waals surface area contributed by atoms with Gasteiger partial charge < -0.3 is 10.2 Å². The van der Waals surface area contributed by atoms with Crippen LogP contribution in [-0.2, 0) is 22.7 Å². The lowest BCUT2D eigenvalue weighted by Gasteiger charge is -2.25. The number of nitrogens with one attached hydrogen (secondary N) is 1. The maximum atomic E-state index is 11.9. The molecule has 1 aromatic heterocycles. The second-order valence-electron chi connectivity index (χ2n) is 4.56. The number of aryl methyl sites for hydroxylation is 1. The number of amides is 2. The fraction of sp³-hybridized carbons (Fsp3) is 0.583. The van der Waals surface area contributed by atoms with E-state index in [-0.39, 0.29) is 24.4 Å². The average molecular weight is 250 g/mol. The lowest BCUT2D eigenvalue weighted by atomic mass is 10.2. The summed E-state index contributed by atoms with van der Waals surface area (Å²) in [6.45, 7) is 5.32. The number of carbonyl (C=O) groups excluding carboxylic acids is 2. The number of hydrogen-bond acceptors (Lipinski definition) is 3. The molecule has 6 heteroatoms. The minimum absolute atomic E-state index is 0.0439. The van der Waals surface area contributed by atoms with E-state index < -0.39 is 0 Å². The SMILES string of the molecule is CCn1cc(CN2C(=O)CNC(=O)CC2C)cn1. The Morgan fingerprint density at radius 2 is 2.28 bits per heavy atom. The van der Waals surface area contributed by atoms with Gasteiger partial charge in [-0.15, -0.1) is 0 Å². The van der Waals surface area contributed by atoms with Crippen LogP contribution in [0.25, 0.3) is 0 Å². The van der Waals surface area contributed by atoms with E-state index in [1.54, 1.807) is 11.1 Å². The minimum atomic E-state index is -0.0787. The van der Waals surface area contributed by atoms with E-state index in [4.69, 9.17) is 0 Å². The van der Waals surface area contributed by atoms with Gasteiger partial charge in [-0.25, -0.2) is 0 Å². The molecule has 2 rings (SSSR count). The lowest BCUT2D eigenvalue weighted by molar-refractivity contribution is -0.132. The van der Waals surface area contributed by atoms with E-state index in [2.05, 4.69) is 10.4 Å². The van der Waals surface area contributed by atoms with Crippen LogP contribution in [0.1, 0.15) is 25.8 Å². The number of carbonyl (C=O) groups is 2. The summed E-state index contributed by atoms with van der Waals surface area (Å²) in [5.41, 5.74) is 0.992. The van der Waals surface area contributed by atoms with Crippen LogP contribution in [0.3, 0.4) is 0 Å². The normalized spacial score (nSPS) is 20.8. The number of aromatic nitrogens is 2. The van der Waals surface area contributed by atoms with Gasteiger partial charge in [0, 0.05) is 37.3 Å². The van der Waals surface area contributed by atoms with Crippen LogP contribution in [0.5, 0.6) is 0 Å². The van der Waals surface area contributed by atoms with Crippen molar-refractivity contribution in [3.63, 3.8) is 0 Å². The topological polar surface area (TPSA) is 67.2 Å². The molecule has 1 atom stereocenters. The van der Waals surface area contributed by atoms with Crippen LogP contribution in [-0.4, -0.2) is 39.1 Å². The van der Waals surface area contributed by atoms with Gasteiger partial charge in [0.25, 0.3) is 0 Å². The maximum Gasteiger partial charge on any atom is 0.242 e. The van der Waals surface area contributed by atoms with E-state index in [9.17, 15) is 9.59 Å². The zero-order valence-corrected chi connectivity index (χ0v) is 10.7. The molecule has 1 aliphatic rings. The van der Waals surface area contributed by atoms with Crippen LogP contribution in [0.4, 0.5) is 0 Å². The van der Waals surface area contributed by atoms with E-state index in [0.29, 0.717) is 13.0 Å². The molecule has 0 radical (unpaired) electrons. The van der Waals surface area contributed by atoms with Gasteiger partial charge in [-0.3, -0.25) is 14.3 Å². The van der Waals surface area contributed by atoms with Gasteiger partial charge in [0.1, 0.15) is 0 Å². The summed E-state index contributed by atoms with van der Waals surface area (Å²) in [5.74, 6) is -0.111. The zero-order chi connectivity index (χ0) is 13.1. The van der Waals surface area contributed by atoms with Crippen molar-refractivity contribution in [1.29, 1.82) is 0 Å². The Bertz CT molecular complexity index is 455. The first-order valence-corrected chi connectivity index (χ1v) is 6.17. The number of nitrogens with zero attached hydrogens (tertiary/aromatic N) is 3. The van der Waals surface area contributed by atoms with Crippen LogP contribution < -0.4 is 5.32 Å². The first kappa shape index (κ1) is 12.6. The van der Waals surface area contributed by atoms with Crippen LogP contribution >= 0.6 is 0 Å². The molecule has 1 aliphatic heterocycles. The molecule has 1 aromatic rings. The summed E-state index contributed by atoms with van der Waals surface area (Å²) >= 11 is 0. The molecule has 0 bridgehead atoms. The van der Waals surface area contributed by atoms with Crippen LogP contribution in [0.2, 0.25) is 0 Å². The largest absolute Gasteiger partial charge is 0.347 e. The van der Waals surface area contributed by atoms with Crippen molar-refractivity contribution in [3.05, 3.63) is 18.0 Å². The Kier molecular flexibility index (Phi) is 3.64. The minimum Gasteiger partial charge on any atom is -0.347 e. The molecule has 1 fully saturated rings. The van der Waals surface area contributed by atoms with Crippen LogP contribution in [0, 0.1) is 0 Å². The standard InChI is InChI=1S/C12H18N4O2/c1-3-15-7-10(5-14-15)8-16-9(2)4-11(17)13-6-12(16)18/h5,7,9H,3-4,6,8H2,1-2H3,(H,13,17). The van der Waals surface area contributed by atoms with Gasteiger partial charge in [0.15, 0.2) is 0 Å². The monoisotopic (exact) mass is 250 g/mol. The van der Waals surface area contributed by atoms with Crippen molar-refractivity contribution in [2.75, 3.05) is 6.54 Å². The summed E-state index contributed by atoms with van der Waals surface area (Å²) in [6, 6.07) is -0.0787. The third-order valence-electron chi connectivity index (χ3n) is 3.13. The Labute approximate surface area is 106 Å². The predicted octanol–water partition coefficient (Wildman–Crippen LogP) is 0.140. The fourth-order valence-electron chi connectivity index (χ4n) is 2.07. The lowest BCUT2D eigenvalue weighted by Crippen LogP contribution is -2.38. The van der Waals surface area contributed by atoms with Gasteiger partial charge in [-0.05, 0) is 13.8 Å². The molecule has 1 unspecified atom stereocenters. The van der Waals surface area contributed by atoms with E-state index in [0.717, 1.165) is 12.1 Å². The van der Waals surface area contributed by atoms with Crippen molar-refractivity contribution >= 4 is 11.8 Å². The van der Waals surface area contributed by atoms with Gasteiger partial charge in [-0.1, -0.05) is 0 Å². The third kappa shape index (κ3) is 2.69. The van der Waals surface area contributed by atoms with Crippen molar-refractivity contribution in [1.82, 2.24) is 20.0 Å². The maximum absolute atomic E-state index is 11.9. The third-order valence-corrected chi connectivity index (χ3v) is 3.13. The summed E-state index contributed by atoms with van der Waals surface area (Å²) in [7, 11) is 0. The highest BCUT2D eigenvalue weighted by molar-refractivity contribution is 5.87. The Balaban J connectivity index is 2.10. The molecule has 18 heavy (non-hydrogen) atoms. The molecule has 2 heterocycles. The molecular weight excluding hydrogens is 232 g/mol. The molecule has 0 spiro atoms. The highest BCUT2D eigenvalue weighted by atomic mass is 16.2. The second kappa shape index (κ2) is 5.20. The average Bonchev–Trinajstić information content (AvgIpc) is 2.76. The van der Waals surface area contributed by atoms with Crippen molar-refractivity contribution in [2.24, 2.45) is 0 Å². The number of hydrogen-bond donors (Lipinski definition) is 1. The van der Waals surface area contributed by atoms with Crippen molar-refractivity contribution < 1.29 is 9.59 Å². The molecule has 98 valence electrons. The molecule has 1 N–H and O–H groups in total. The van der Waals surface area contributed by atoms with Crippen molar-refractivity contribution in [2.45, 2.75) is 39.4 Å². The van der Waals surface area contributed by atoms with Gasteiger partial charge >= 0.3 is 0 Å². The summed E-state index contributed by atoms with van der Waals surface area (Å²) in [5, 5.41) is 6.79. The fourth-order valence-corrected chi connectivity index (χ4v) is 2.07. The zero-order valence-electron chi connectivity index (χ0n) is 10.7. The van der Waals surface area contributed by atoms with Gasteiger partial charge in [0.2, 0.25) is 11.8 Å². The molecular formula is C12H18N4O2. The summed E-state index contributed by atoms with van der Waals surface area (Å²) in [6.07, 6.45) is 4.05. The molecule has 2 amide bonds. The number of rotatable bonds is 3. The molecule has 0 aliphatic carbocycles. The van der Waals surface area contributed by atoms with Gasteiger partial charge in [-0.2, -0.15) is 5.10 Å². The molecule has 6 nitrogen and oxygen atoms in total. The van der Waals surface area contributed by atoms with E-state index in [1.165, 1.54) is 0 Å². The summed E-state index contributed by atoms with van der Waals surface area (Å²) in [4.78, 5) is 25.0. The van der Waals surface area contributed by atoms with Gasteiger partial charge in [0.05, 0.1) is 12.7 Å². The second-order valence-corrected chi connectivity index (χ2v) is 4.56. The predicted molar refractivity (Wildman–Crippen MR) is 65.5 cm³/mol. The van der Waals surface area contributed by atoms with E-state index >= 15 is 0 Å². The molecule has 0 aromatic carbocycles. The Hall–Kier alpha value is -1.85.